The molecule has 2 atom stereocenters. The summed E-state index contributed by atoms with van der Waals surface area (Å²) in [6, 6.07) is 7.01. The molecular weight excluding hydrogens is 276 g/mol. The molecular formula is C14H22N2O3S. The van der Waals surface area contributed by atoms with Crippen LogP contribution in [0, 0.1) is 0 Å². The van der Waals surface area contributed by atoms with E-state index in [4.69, 9.17) is 5.73 Å². The summed E-state index contributed by atoms with van der Waals surface area (Å²) < 4.78 is 24.2. The Bertz CT molecular complexity index is 552. The van der Waals surface area contributed by atoms with E-state index in [9.17, 15) is 13.2 Å². The Kier molecular flexibility index (Phi) is 5.71. The van der Waals surface area contributed by atoms with Crippen LogP contribution in [0.5, 0.6) is 0 Å². The highest BCUT2D eigenvalue weighted by Gasteiger charge is 2.32. The monoisotopic (exact) mass is 298 g/mol. The van der Waals surface area contributed by atoms with Crippen LogP contribution in [-0.4, -0.2) is 24.8 Å². The zero-order valence-corrected chi connectivity index (χ0v) is 12.9. The molecule has 0 saturated carbocycles. The maximum atomic E-state index is 12.1. The number of nitrogens with one attached hydrogen (secondary N) is 1. The number of sulfone groups is 1. The highest BCUT2D eigenvalue weighted by molar-refractivity contribution is 7.93. The van der Waals surface area contributed by atoms with E-state index in [1.165, 1.54) is 6.92 Å². The average molecular weight is 298 g/mol. The van der Waals surface area contributed by atoms with Crippen molar-refractivity contribution in [1.82, 2.24) is 0 Å². The molecule has 0 bridgehead atoms. The predicted octanol–water partition coefficient (Wildman–Crippen LogP) is 1.69. The van der Waals surface area contributed by atoms with Crippen molar-refractivity contribution in [3.63, 3.8) is 0 Å². The van der Waals surface area contributed by atoms with E-state index in [0.29, 0.717) is 18.7 Å². The van der Waals surface area contributed by atoms with Gasteiger partial charge < -0.3 is 11.1 Å². The fourth-order valence-corrected chi connectivity index (χ4v) is 3.22. The van der Waals surface area contributed by atoms with Crippen LogP contribution in [0.2, 0.25) is 0 Å². The molecule has 6 heteroatoms. The van der Waals surface area contributed by atoms with E-state index in [0.717, 1.165) is 5.56 Å². The number of benzene rings is 1. The van der Waals surface area contributed by atoms with Crippen molar-refractivity contribution < 1.29 is 13.2 Å². The maximum absolute atomic E-state index is 12.1. The van der Waals surface area contributed by atoms with Crippen LogP contribution in [0.3, 0.4) is 0 Å². The predicted molar refractivity (Wildman–Crippen MR) is 81.1 cm³/mol. The zero-order chi connectivity index (χ0) is 15.3. The molecule has 0 radical (unpaired) electrons. The molecule has 1 rings (SSSR count). The average Bonchev–Trinajstić information content (AvgIpc) is 2.46. The third-order valence-corrected chi connectivity index (χ3v) is 6.11. The molecule has 1 amide bonds. The highest BCUT2D eigenvalue weighted by Crippen LogP contribution is 2.15. The Morgan fingerprint density at radius 1 is 1.25 bits per heavy atom. The normalized spacial score (nSPS) is 14.6. The van der Waals surface area contributed by atoms with E-state index in [2.05, 4.69) is 5.32 Å². The number of anilines is 1. The van der Waals surface area contributed by atoms with Crippen molar-refractivity contribution in [2.75, 3.05) is 5.32 Å². The minimum Gasteiger partial charge on any atom is -0.326 e. The fraction of sp³-hybridized carbons (Fsp3) is 0.500. The van der Waals surface area contributed by atoms with Gasteiger partial charge in [0.1, 0.15) is 5.25 Å². The van der Waals surface area contributed by atoms with Crippen LogP contribution >= 0.6 is 0 Å². The fourth-order valence-electron chi connectivity index (χ4n) is 1.70. The molecule has 0 spiro atoms. The van der Waals surface area contributed by atoms with E-state index in [-0.39, 0.29) is 0 Å². The summed E-state index contributed by atoms with van der Waals surface area (Å²) in [6.45, 7) is 5.26. The van der Waals surface area contributed by atoms with Gasteiger partial charge in [-0.3, -0.25) is 4.79 Å². The van der Waals surface area contributed by atoms with E-state index in [1.54, 1.807) is 38.1 Å². The third-order valence-electron chi connectivity index (χ3n) is 3.45. The van der Waals surface area contributed by atoms with E-state index < -0.39 is 26.2 Å². The van der Waals surface area contributed by atoms with Gasteiger partial charge in [-0.1, -0.05) is 19.1 Å². The van der Waals surface area contributed by atoms with Gasteiger partial charge in [0.2, 0.25) is 5.91 Å². The molecule has 3 N–H and O–H groups in total. The summed E-state index contributed by atoms with van der Waals surface area (Å²) in [5, 5.41) is 1.03. The molecule has 1 aromatic carbocycles. The molecule has 20 heavy (non-hydrogen) atoms. The smallest absolute Gasteiger partial charge is 0.242 e. The maximum Gasteiger partial charge on any atom is 0.242 e. The zero-order valence-electron chi connectivity index (χ0n) is 12.1. The first kappa shape index (κ1) is 16.7. The lowest BCUT2D eigenvalue weighted by molar-refractivity contribution is -0.115. The summed E-state index contributed by atoms with van der Waals surface area (Å²) in [4.78, 5) is 12.0. The second kappa shape index (κ2) is 6.85. The summed E-state index contributed by atoms with van der Waals surface area (Å²) in [5.41, 5.74) is 7.00. The Balaban J connectivity index is 2.80. The quantitative estimate of drug-likeness (QED) is 0.836. The summed E-state index contributed by atoms with van der Waals surface area (Å²) in [5.74, 6) is -0.509. The first-order chi connectivity index (χ1) is 9.32. The standard InChI is InChI=1S/C14H22N2O3S/c1-4-10(2)20(18,19)11(3)14(17)16-13-7-5-12(9-15)6-8-13/h5-8,10-11H,4,9,15H2,1-3H3,(H,16,17). The lowest BCUT2D eigenvalue weighted by Gasteiger charge is -2.17. The lowest BCUT2D eigenvalue weighted by Crippen LogP contribution is -2.37. The molecule has 112 valence electrons. The first-order valence-corrected chi connectivity index (χ1v) is 8.26. The van der Waals surface area contributed by atoms with Gasteiger partial charge in [-0.15, -0.1) is 0 Å². The van der Waals surface area contributed by atoms with Crippen LogP contribution in [-0.2, 0) is 21.2 Å². The number of hydrogen-bond donors (Lipinski definition) is 2. The lowest BCUT2D eigenvalue weighted by atomic mass is 10.2. The van der Waals surface area contributed by atoms with Crippen molar-refractivity contribution in [2.45, 2.75) is 44.2 Å². The molecule has 0 heterocycles. The van der Waals surface area contributed by atoms with Crippen LogP contribution in [0.4, 0.5) is 5.69 Å². The Labute approximate surface area is 120 Å². The van der Waals surface area contributed by atoms with E-state index >= 15 is 0 Å². The van der Waals surface area contributed by atoms with Crippen LogP contribution in [0.25, 0.3) is 0 Å². The van der Waals surface area contributed by atoms with Crippen LogP contribution in [0.1, 0.15) is 32.8 Å². The topological polar surface area (TPSA) is 89.3 Å². The second-order valence-corrected chi connectivity index (χ2v) is 7.53. The van der Waals surface area contributed by atoms with Gasteiger partial charge in [-0.2, -0.15) is 0 Å². The van der Waals surface area contributed by atoms with Crippen molar-refractivity contribution in [1.29, 1.82) is 0 Å². The Hall–Kier alpha value is -1.40. The summed E-state index contributed by atoms with van der Waals surface area (Å²) in [7, 11) is -3.45. The van der Waals surface area contributed by atoms with Crippen molar-refractivity contribution in [2.24, 2.45) is 5.73 Å². The Morgan fingerprint density at radius 3 is 2.25 bits per heavy atom. The van der Waals surface area contributed by atoms with Crippen LogP contribution < -0.4 is 11.1 Å². The van der Waals surface area contributed by atoms with Crippen molar-refractivity contribution in [3.8, 4) is 0 Å². The SMILES string of the molecule is CCC(C)S(=O)(=O)C(C)C(=O)Nc1ccc(CN)cc1. The minimum absolute atomic E-state index is 0.424. The van der Waals surface area contributed by atoms with Crippen molar-refractivity contribution >= 4 is 21.4 Å². The molecule has 0 aliphatic carbocycles. The third kappa shape index (κ3) is 3.80. The molecule has 0 aromatic heterocycles. The molecule has 0 saturated heterocycles. The largest absolute Gasteiger partial charge is 0.326 e. The van der Waals surface area contributed by atoms with Crippen molar-refractivity contribution in [3.05, 3.63) is 29.8 Å². The number of rotatable bonds is 6. The van der Waals surface area contributed by atoms with Gasteiger partial charge in [0.25, 0.3) is 0 Å². The number of nitrogens with two attached hydrogens (primary N) is 1. The van der Waals surface area contributed by atoms with Gasteiger partial charge in [-0.05, 0) is 38.0 Å². The first-order valence-electron chi connectivity index (χ1n) is 6.65. The van der Waals surface area contributed by atoms with E-state index in [1.807, 2.05) is 0 Å². The minimum atomic E-state index is -3.45. The highest BCUT2D eigenvalue weighted by atomic mass is 32.2. The number of hydrogen-bond acceptors (Lipinski definition) is 4. The van der Waals surface area contributed by atoms with Gasteiger partial charge in [-0.25, -0.2) is 8.42 Å². The van der Waals surface area contributed by atoms with Gasteiger partial charge in [0, 0.05) is 12.2 Å². The molecule has 1 aromatic rings. The number of carbonyl (C=O) groups is 1. The molecule has 0 aliphatic rings. The van der Waals surface area contributed by atoms with Gasteiger partial charge in [0.15, 0.2) is 9.84 Å². The van der Waals surface area contributed by atoms with Crippen LogP contribution in [0.15, 0.2) is 24.3 Å². The van der Waals surface area contributed by atoms with Gasteiger partial charge >= 0.3 is 0 Å². The molecule has 2 unspecified atom stereocenters. The Morgan fingerprint density at radius 2 is 1.80 bits per heavy atom. The second-order valence-electron chi connectivity index (χ2n) is 4.84. The summed E-state index contributed by atoms with van der Waals surface area (Å²) in [6.07, 6.45) is 0.491. The number of amides is 1. The summed E-state index contributed by atoms with van der Waals surface area (Å²) >= 11 is 0. The molecule has 0 aliphatic heterocycles. The van der Waals surface area contributed by atoms with Gasteiger partial charge in [0.05, 0.1) is 5.25 Å². The molecule has 0 fully saturated rings. The molecule has 5 nitrogen and oxygen atoms in total. The number of carbonyl (C=O) groups excluding carboxylic acids is 1.